The van der Waals surface area contributed by atoms with Crippen molar-refractivity contribution < 1.29 is 34.1 Å². The number of aliphatic hydroxyl groups is 2. The molecule has 1 fully saturated rings. The van der Waals surface area contributed by atoms with Crippen LogP contribution in [0.3, 0.4) is 0 Å². The Labute approximate surface area is 244 Å². The minimum Gasteiger partial charge on any atom is -0.441 e. The molecule has 0 bridgehead atoms. The predicted octanol–water partition coefficient (Wildman–Crippen LogP) is 2.56. The number of nitrogens with zero attached hydrogens (tertiary/aromatic N) is 3. The summed E-state index contributed by atoms with van der Waals surface area (Å²) in [5.74, 6) is -2.22. The summed E-state index contributed by atoms with van der Waals surface area (Å²) in [7, 11) is 0. The molecule has 2 N–H and O–H groups in total. The monoisotopic (exact) mass is 573 g/mol. The van der Waals surface area contributed by atoms with Crippen LogP contribution in [0.4, 0.5) is 11.4 Å². The van der Waals surface area contributed by atoms with Crippen LogP contribution in [0.15, 0.2) is 67.3 Å². The van der Waals surface area contributed by atoms with E-state index in [1.165, 1.54) is 16.7 Å². The zero-order valence-corrected chi connectivity index (χ0v) is 23.7. The van der Waals surface area contributed by atoms with Crippen molar-refractivity contribution in [2.45, 2.75) is 57.5 Å². The summed E-state index contributed by atoms with van der Waals surface area (Å²) in [5.41, 5.74) is 1.38. The number of carbonyl (C=O) groups is 4. The zero-order valence-electron chi connectivity index (χ0n) is 23.7. The minimum absolute atomic E-state index is 0.0306. The number of anilines is 2. The fourth-order valence-corrected chi connectivity index (χ4v) is 6.05. The number of carbonyl (C=O) groups excluding carboxylic acids is 4. The maximum absolute atomic E-state index is 13.6. The average Bonchev–Trinajstić information content (AvgIpc) is 3.18. The topological polar surface area (TPSA) is 128 Å². The third-order valence-electron chi connectivity index (χ3n) is 8.31. The van der Waals surface area contributed by atoms with Crippen LogP contribution in [0.2, 0.25) is 0 Å². The molecular formula is C32H35N3O7. The van der Waals surface area contributed by atoms with Gasteiger partial charge in [0, 0.05) is 43.6 Å². The van der Waals surface area contributed by atoms with Crippen molar-refractivity contribution in [1.82, 2.24) is 4.90 Å². The van der Waals surface area contributed by atoms with E-state index in [2.05, 4.69) is 6.58 Å². The second kappa shape index (κ2) is 11.5. The molecule has 3 amide bonds. The Balaban J connectivity index is 1.38. The highest BCUT2D eigenvalue weighted by Gasteiger charge is 2.53. The lowest BCUT2D eigenvalue weighted by Gasteiger charge is -2.39. The van der Waals surface area contributed by atoms with E-state index in [1.54, 1.807) is 48.3 Å². The van der Waals surface area contributed by atoms with Crippen molar-refractivity contribution in [2.24, 2.45) is 5.92 Å². The van der Waals surface area contributed by atoms with Gasteiger partial charge in [-0.15, -0.1) is 6.58 Å². The van der Waals surface area contributed by atoms with Crippen molar-refractivity contribution in [3.05, 3.63) is 84.0 Å². The summed E-state index contributed by atoms with van der Waals surface area (Å²) in [4.78, 5) is 55.2. The highest BCUT2D eigenvalue weighted by Crippen LogP contribution is 2.47. The van der Waals surface area contributed by atoms with Gasteiger partial charge in [0.05, 0.1) is 24.8 Å². The molecule has 3 heterocycles. The molecule has 3 aliphatic rings. The normalized spacial score (nSPS) is 23.9. The van der Waals surface area contributed by atoms with Crippen molar-refractivity contribution in [3.8, 4) is 0 Å². The molecular weight excluding hydrogens is 538 g/mol. The Morgan fingerprint density at radius 2 is 1.90 bits per heavy atom. The highest BCUT2D eigenvalue weighted by atomic mass is 16.6. The fourth-order valence-electron chi connectivity index (χ4n) is 6.05. The molecule has 0 saturated carbocycles. The second-order valence-electron chi connectivity index (χ2n) is 11.0. The number of β-lactam (4-membered cyclic amide) rings is 1. The van der Waals surface area contributed by atoms with Crippen molar-refractivity contribution >= 4 is 35.1 Å². The Hall–Kier alpha value is -4.28. The molecule has 0 spiro atoms. The minimum atomic E-state index is -1.98. The van der Waals surface area contributed by atoms with Crippen LogP contribution in [-0.2, 0) is 42.5 Å². The smallest absolute Gasteiger partial charge is 0.304 e. The highest BCUT2D eigenvalue weighted by molar-refractivity contribution is 6.09. The summed E-state index contributed by atoms with van der Waals surface area (Å²) in [5, 5.41) is 21.9. The molecule has 0 aromatic heterocycles. The van der Waals surface area contributed by atoms with Crippen molar-refractivity contribution in [2.75, 3.05) is 23.0 Å². The van der Waals surface area contributed by atoms with Gasteiger partial charge in [0.15, 0.2) is 11.8 Å². The third-order valence-corrected chi connectivity index (χ3v) is 8.31. The molecule has 10 nitrogen and oxygen atoms in total. The predicted molar refractivity (Wildman–Crippen MR) is 155 cm³/mol. The molecule has 2 aromatic rings. The van der Waals surface area contributed by atoms with Gasteiger partial charge in [-0.05, 0) is 35.7 Å². The van der Waals surface area contributed by atoms with Crippen LogP contribution in [0.25, 0.3) is 0 Å². The quantitative estimate of drug-likeness (QED) is 0.268. The molecule has 4 atom stereocenters. The van der Waals surface area contributed by atoms with Crippen LogP contribution >= 0.6 is 0 Å². The van der Waals surface area contributed by atoms with Crippen LogP contribution in [0, 0.1) is 5.92 Å². The molecule has 5 rings (SSSR count). The number of amides is 3. The van der Waals surface area contributed by atoms with E-state index in [9.17, 15) is 29.4 Å². The Morgan fingerprint density at radius 1 is 1.17 bits per heavy atom. The van der Waals surface area contributed by atoms with E-state index in [4.69, 9.17) is 4.74 Å². The molecule has 0 aliphatic carbocycles. The standard InChI is InChI=1S/C32H35N3O7/c1-4-14-33-27-13-12-24(35-29(39)17-30(35)42-21(3)37)16-26(27)32(41,31(33)40)20(2)8-7-11-28(38)34-18-23-10-6-5-9-22(23)15-25(34)19-36/h4-10,12-13,16,20,25,30,36,41H,1,11,14-15,17-19H2,2-3H3/b8-7+/t20-,25+,30?,32+/m1/s1. The summed E-state index contributed by atoms with van der Waals surface area (Å²) in [6.07, 6.45) is 4.75. The van der Waals surface area contributed by atoms with Gasteiger partial charge in [0.2, 0.25) is 11.8 Å². The molecule has 2 aromatic carbocycles. The second-order valence-corrected chi connectivity index (χ2v) is 11.0. The SMILES string of the molecule is C=CCN1C(=O)[C@](O)([C@H](C)/C=C/CC(=O)N2Cc3ccccc3C[C@H]2CO)c2cc(N3C(=O)CC3OC(C)=O)ccc21. The number of aliphatic hydroxyl groups excluding tert-OH is 1. The number of esters is 1. The fraction of sp³-hybridized carbons (Fsp3) is 0.375. The lowest BCUT2D eigenvalue weighted by molar-refractivity contribution is -0.154. The maximum Gasteiger partial charge on any atom is 0.304 e. The third kappa shape index (κ3) is 5.01. The first kappa shape index (κ1) is 29.2. The zero-order chi connectivity index (χ0) is 30.2. The van der Waals surface area contributed by atoms with Crippen LogP contribution in [0.1, 0.15) is 43.4 Å². The lowest BCUT2D eigenvalue weighted by atomic mass is 9.82. The molecule has 1 saturated heterocycles. The van der Waals surface area contributed by atoms with Crippen LogP contribution in [-0.4, -0.2) is 64.2 Å². The van der Waals surface area contributed by atoms with E-state index < -0.39 is 29.6 Å². The van der Waals surface area contributed by atoms with Crippen LogP contribution in [0.5, 0.6) is 0 Å². The van der Waals surface area contributed by atoms with Crippen molar-refractivity contribution in [3.63, 3.8) is 0 Å². The summed E-state index contributed by atoms with van der Waals surface area (Å²) in [6, 6.07) is 12.4. The van der Waals surface area contributed by atoms with Gasteiger partial charge in [-0.2, -0.15) is 0 Å². The maximum atomic E-state index is 13.6. The molecule has 1 unspecified atom stereocenters. The van der Waals surface area contributed by atoms with E-state index in [0.717, 1.165) is 11.1 Å². The van der Waals surface area contributed by atoms with E-state index in [1.807, 2.05) is 24.3 Å². The van der Waals surface area contributed by atoms with Gasteiger partial charge in [-0.25, -0.2) is 0 Å². The van der Waals surface area contributed by atoms with Gasteiger partial charge >= 0.3 is 5.97 Å². The Kier molecular flexibility index (Phi) is 8.03. The largest absolute Gasteiger partial charge is 0.441 e. The molecule has 42 heavy (non-hydrogen) atoms. The first-order valence-electron chi connectivity index (χ1n) is 14.0. The first-order chi connectivity index (χ1) is 20.1. The van der Waals surface area contributed by atoms with Crippen molar-refractivity contribution in [1.29, 1.82) is 0 Å². The number of benzene rings is 2. The Bertz CT molecular complexity index is 1470. The summed E-state index contributed by atoms with van der Waals surface area (Å²) < 4.78 is 5.23. The number of ether oxygens (including phenoxy) is 1. The van der Waals surface area contributed by atoms with Gasteiger partial charge in [0.25, 0.3) is 5.91 Å². The first-order valence-corrected chi connectivity index (χ1v) is 14.0. The lowest BCUT2D eigenvalue weighted by Crippen LogP contribution is -2.55. The number of hydrogen-bond acceptors (Lipinski definition) is 7. The Morgan fingerprint density at radius 3 is 2.57 bits per heavy atom. The van der Waals surface area contributed by atoms with Crippen LogP contribution < -0.4 is 9.80 Å². The summed E-state index contributed by atoms with van der Waals surface area (Å²) >= 11 is 0. The number of rotatable bonds is 9. The number of fused-ring (bicyclic) bond motifs is 2. The van der Waals surface area contributed by atoms with E-state index in [-0.39, 0.29) is 43.8 Å². The molecule has 3 aliphatic heterocycles. The van der Waals surface area contributed by atoms with Gasteiger partial charge in [-0.3, -0.25) is 24.1 Å². The average molecular weight is 574 g/mol. The van der Waals surface area contributed by atoms with Gasteiger partial charge in [0.1, 0.15) is 0 Å². The molecule has 0 radical (unpaired) electrons. The number of hydrogen-bond donors (Lipinski definition) is 2. The van der Waals surface area contributed by atoms with E-state index in [0.29, 0.717) is 29.9 Å². The summed E-state index contributed by atoms with van der Waals surface area (Å²) in [6.45, 7) is 7.11. The molecule has 10 heteroatoms. The van der Waals surface area contributed by atoms with Gasteiger partial charge in [-0.1, -0.05) is 49.4 Å². The van der Waals surface area contributed by atoms with Gasteiger partial charge < -0.3 is 24.7 Å². The molecule has 220 valence electrons. The van der Waals surface area contributed by atoms with E-state index >= 15 is 0 Å².